The quantitative estimate of drug-likeness (QED) is 0.247. The summed E-state index contributed by atoms with van der Waals surface area (Å²) >= 11 is 0. The van der Waals surface area contributed by atoms with Gasteiger partial charge in [0, 0.05) is 18.1 Å². The van der Waals surface area contributed by atoms with E-state index in [1.54, 1.807) is 48.8 Å². The number of anilines is 2. The molecular formula is C16H15N5O3. The van der Waals surface area contributed by atoms with Gasteiger partial charge in [-0.15, -0.1) is 0 Å². The average molecular weight is 325 g/mol. The van der Waals surface area contributed by atoms with Gasteiger partial charge in [0.1, 0.15) is 6.54 Å². The molecule has 1 aliphatic heterocycles. The summed E-state index contributed by atoms with van der Waals surface area (Å²) < 4.78 is 5.68. The van der Waals surface area contributed by atoms with Crippen molar-refractivity contribution in [2.75, 3.05) is 17.2 Å². The Hall–Kier alpha value is -3.39. The molecule has 2 aromatic rings. The van der Waals surface area contributed by atoms with Crippen molar-refractivity contribution in [2.45, 2.75) is 0 Å². The number of benzene rings is 1. The van der Waals surface area contributed by atoms with Gasteiger partial charge in [-0.2, -0.15) is 0 Å². The van der Waals surface area contributed by atoms with Gasteiger partial charge in [0.15, 0.2) is 11.5 Å². The molecule has 122 valence electrons. The molecule has 0 fully saturated rings. The van der Waals surface area contributed by atoms with Crippen molar-refractivity contribution in [3.05, 3.63) is 54.0 Å². The van der Waals surface area contributed by atoms with Gasteiger partial charge in [-0.25, -0.2) is 5.84 Å². The largest absolute Gasteiger partial charge is 0.449 e. The molecule has 0 saturated heterocycles. The Morgan fingerprint density at radius 1 is 1.29 bits per heavy atom. The number of nitrogen functional groups attached to an aromatic ring is 1. The summed E-state index contributed by atoms with van der Waals surface area (Å²) in [7, 11) is 0. The fourth-order valence-electron chi connectivity index (χ4n) is 2.28. The molecule has 0 radical (unpaired) electrons. The van der Waals surface area contributed by atoms with E-state index in [0.29, 0.717) is 17.1 Å². The number of carbonyl (C=O) groups is 2. The van der Waals surface area contributed by atoms with Crippen LogP contribution < -0.4 is 26.6 Å². The van der Waals surface area contributed by atoms with Gasteiger partial charge in [-0.3, -0.25) is 24.9 Å². The molecule has 2 amide bonds. The maximum atomic E-state index is 12.7. The van der Waals surface area contributed by atoms with Crippen LogP contribution >= 0.6 is 0 Å². The molecule has 1 aromatic heterocycles. The Bertz CT molecular complexity index is 820. The summed E-state index contributed by atoms with van der Waals surface area (Å²) in [6.07, 6.45) is 4.79. The summed E-state index contributed by atoms with van der Waals surface area (Å²) in [6, 6.07) is 8.34. The third-order valence-corrected chi connectivity index (χ3v) is 3.42. The number of hydrazine groups is 1. The summed E-state index contributed by atoms with van der Waals surface area (Å²) in [4.78, 5) is 29.6. The predicted molar refractivity (Wildman–Crippen MR) is 88.4 cm³/mol. The lowest BCUT2D eigenvalue weighted by atomic mass is 10.1. The van der Waals surface area contributed by atoms with Gasteiger partial charge >= 0.3 is 0 Å². The number of amides is 2. The van der Waals surface area contributed by atoms with Crippen LogP contribution in [0.25, 0.3) is 6.08 Å². The first-order valence-electron chi connectivity index (χ1n) is 7.09. The molecule has 8 nitrogen and oxygen atoms in total. The van der Waals surface area contributed by atoms with Crippen molar-refractivity contribution in [1.29, 1.82) is 0 Å². The third-order valence-electron chi connectivity index (χ3n) is 3.42. The monoisotopic (exact) mass is 325 g/mol. The number of fused-ring (bicyclic) bond motifs is 1. The second kappa shape index (κ2) is 6.39. The normalized spacial score (nSPS) is 15.0. The molecule has 1 aromatic carbocycles. The fourth-order valence-corrected chi connectivity index (χ4v) is 2.28. The molecule has 8 heteroatoms. The Kier molecular flexibility index (Phi) is 4.13. The first-order chi connectivity index (χ1) is 11.6. The van der Waals surface area contributed by atoms with Gasteiger partial charge < -0.3 is 10.5 Å². The Morgan fingerprint density at radius 3 is 2.75 bits per heavy atom. The molecule has 0 unspecified atom stereocenters. The highest BCUT2D eigenvalue weighted by atomic mass is 16.5. The van der Waals surface area contributed by atoms with Gasteiger partial charge in [0.25, 0.3) is 11.8 Å². The second-order valence-electron chi connectivity index (χ2n) is 5.08. The number of pyridine rings is 1. The molecule has 24 heavy (non-hydrogen) atoms. The molecule has 0 aliphatic carbocycles. The molecule has 5 N–H and O–H groups in total. The SMILES string of the molecule is NNC(=O)CN1C(=O)/C(=C\c2ccncc2)Oc2ccc(N)cc21. The lowest BCUT2D eigenvalue weighted by molar-refractivity contribution is -0.123. The minimum absolute atomic E-state index is 0.0864. The molecule has 0 atom stereocenters. The van der Waals surface area contributed by atoms with Crippen LogP contribution in [-0.4, -0.2) is 23.3 Å². The predicted octanol–water partition coefficient (Wildman–Crippen LogP) is 0.420. The number of ether oxygens (including phenoxy) is 1. The standard InChI is InChI=1S/C16H15N5O3/c17-11-1-2-13-12(8-11)21(9-15(22)20-18)16(23)14(24-13)7-10-3-5-19-6-4-10/h1-8H,9,17-18H2,(H,20,22)/b14-7+. The number of hydrogen-bond donors (Lipinski definition) is 3. The molecule has 2 heterocycles. The summed E-state index contributed by atoms with van der Waals surface area (Å²) in [5.41, 5.74) is 9.39. The van der Waals surface area contributed by atoms with Gasteiger partial charge in [-0.05, 0) is 42.0 Å². The number of carbonyl (C=O) groups excluding carboxylic acids is 2. The first kappa shape index (κ1) is 15.5. The molecule has 0 bridgehead atoms. The number of hydrogen-bond acceptors (Lipinski definition) is 6. The van der Waals surface area contributed by atoms with Crippen LogP contribution in [0.15, 0.2) is 48.5 Å². The van der Waals surface area contributed by atoms with Crippen LogP contribution in [-0.2, 0) is 9.59 Å². The van der Waals surface area contributed by atoms with Crippen LogP contribution in [0.2, 0.25) is 0 Å². The molecule has 3 rings (SSSR count). The highest BCUT2D eigenvalue weighted by Crippen LogP contribution is 2.37. The van der Waals surface area contributed by atoms with E-state index in [2.05, 4.69) is 4.98 Å². The van der Waals surface area contributed by atoms with Crippen molar-refractivity contribution in [3.63, 3.8) is 0 Å². The number of nitrogens with two attached hydrogens (primary N) is 2. The van der Waals surface area contributed by atoms with E-state index in [1.807, 2.05) is 5.43 Å². The Labute approximate surface area is 137 Å². The van der Waals surface area contributed by atoms with Crippen molar-refractivity contribution in [1.82, 2.24) is 10.4 Å². The van der Waals surface area contributed by atoms with Gasteiger partial charge in [0.2, 0.25) is 0 Å². The van der Waals surface area contributed by atoms with Crippen LogP contribution in [0.1, 0.15) is 5.56 Å². The number of nitrogens with zero attached hydrogens (tertiary/aromatic N) is 2. The highest BCUT2D eigenvalue weighted by molar-refractivity contribution is 6.12. The van der Waals surface area contributed by atoms with E-state index in [-0.39, 0.29) is 12.3 Å². The van der Waals surface area contributed by atoms with Crippen LogP contribution in [0.5, 0.6) is 5.75 Å². The van der Waals surface area contributed by atoms with E-state index in [9.17, 15) is 9.59 Å². The molecule has 0 spiro atoms. The topological polar surface area (TPSA) is 124 Å². The van der Waals surface area contributed by atoms with Crippen molar-refractivity contribution >= 4 is 29.3 Å². The zero-order chi connectivity index (χ0) is 17.1. The molecule has 0 saturated carbocycles. The summed E-state index contributed by atoms with van der Waals surface area (Å²) in [6.45, 7) is -0.247. The maximum absolute atomic E-state index is 12.7. The van der Waals surface area contributed by atoms with Crippen LogP contribution in [0.4, 0.5) is 11.4 Å². The Morgan fingerprint density at radius 2 is 2.04 bits per heavy atom. The van der Waals surface area contributed by atoms with Crippen molar-refractivity contribution < 1.29 is 14.3 Å². The maximum Gasteiger partial charge on any atom is 0.294 e. The lowest BCUT2D eigenvalue weighted by Gasteiger charge is -2.30. The summed E-state index contributed by atoms with van der Waals surface area (Å²) in [5, 5.41) is 0. The average Bonchev–Trinajstić information content (AvgIpc) is 2.59. The van der Waals surface area contributed by atoms with E-state index >= 15 is 0 Å². The van der Waals surface area contributed by atoms with E-state index in [1.165, 1.54) is 4.90 Å². The van der Waals surface area contributed by atoms with E-state index in [4.69, 9.17) is 16.3 Å². The number of nitrogens with one attached hydrogen (secondary N) is 1. The lowest BCUT2D eigenvalue weighted by Crippen LogP contribution is -2.45. The highest BCUT2D eigenvalue weighted by Gasteiger charge is 2.31. The second-order valence-corrected chi connectivity index (χ2v) is 5.08. The zero-order valence-electron chi connectivity index (χ0n) is 12.6. The summed E-state index contributed by atoms with van der Waals surface area (Å²) in [5.74, 6) is 4.66. The van der Waals surface area contributed by atoms with Crippen LogP contribution in [0.3, 0.4) is 0 Å². The minimum Gasteiger partial charge on any atom is -0.449 e. The van der Waals surface area contributed by atoms with Crippen molar-refractivity contribution in [2.24, 2.45) is 5.84 Å². The van der Waals surface area contributed by atoms with E-state index < -0.39 is 11.8 Å². The van der Waals surface area contributed by atoms with Crippen LogP contribution in [0, 0.1) is 0 Å². The molecular weight excluding hydrogens is 310 g/mol. The van der Waals surface area contributed by atoms with Gasteiger partial charge in [0.05, 0.1) is 5.69 Å². The molecule has 1 aliphatic rings. The minimum atomic E-state index is -0.512. The third kappa shape index (κ3) is 3.03. The number of aromatic nitrogens is 1. The smallest absolute Gasteiger partial charge is 0.294 e. The van der Waals surface area contributed by atoms with Crippen molar-refractivity contribution in [3.8, 4) is 5.75 Å². The zero-order valence-corrected chi connectivity index (χ0v) is 12.6. The van der Waals surface area contributed by atoms with Gasteiger partial charge in [-0.1, -0.05) is 0 Å². The fraction of sp³-hybridized carbons (Fsp3) is 0.0625. The van der Waals surface area contributed by atoms with E-state index in [0.717, 1.165) is 5.56 Å². The first-order valence-corrected chi connectivity index (χ1v) is 7.09. The number of rotatable bonds is 3. The Balaban J connectivity index is 2.04.